The number of likely N-dealkylation sites (tertiary alicyclic amines) is 2. The van der Waals surface area contributed by atoms with Crippen LogP contribution in [-0.2, 0) is 11.0 Å². The van der Waals surface area contributed by atoms with Gasteiger partial charge in [0.15, 0.2) is 0 Å². The van der Waals surface area contributed by atoms with Crippen LogP contribution in [0.2, 0.25) is 0 Å². The number of piperidine rings is 1. The smallest absolute Gasteiger partial charge is 0.393 e. The van der Waals surface area contributed by atoms with E-state index in [1.54, 1.807) is 4.90 Å². The molecule has 36 heavy (non-hydrogen) atoms. The normalized spacial score (nSPS) is 29.8. The van der Waals surface area contributed by atoms with Crippen LogP contribution in [0, 0.1) is 5.41 Å². The Bertz CT molecular complexity index is 959. The Kier molecular flexibility index (Phi) is 6.78. The Hall–Kier alpha value is -2.56. The van der Waals surface area contributed by atoms with E-state index in [1.165, 1.54) is 6.07 Å². The number of rotatable bonds is 2. The predicted molar refractivity (Wildman–Crippen MR) is 126 cm³/mol. The minimum absolute atomic E-state index is 0.0684. The largest absolute Gasteiger partial charge is 0.417 e. The predicted octanol–water partition coefficient (Wildman–Crippen LogP) is 2.96. The van der Waals surface area contributed by atoms with Gasteiger partial charge in [-0.15, -0.1) is 0 Å². The summed E-state index contributed by atoms with van der Waals surface area (Å²) < 4.78 is 38.4. The van der Waals surface area contributed by atoms with Gasteiger partial charge in [-0.05, 0) is 57.1 Å². The highest BCUT2D eigenvalue weighted by Crippen LogP contribution is 2.42. The van der Waals surface area contributed by atoms with Crippen molar-refractivity contribution in [1.82, 2.24) is 19.7 Å². The van der Waals surface area contributed by atoms with Crippen molar-refractivity contribution in [3.8, 4) is 0 Å². The molecule has 198 valence electrons. The maximum absolute atomic E-state index is 13.5. The summed E-state index contributed by atoms with van der Waals surface area (Å²) in [6.45, 7) is 3.68. The molecule has 4 heterocycles. The molecule has 11 heteroatoms. The molecule has 3 aliphatic heterocycles. The van der Waals surface area contributed by atoms with Crippen molar-refractivity contribution in [2.75, 3.05) is 50.7 Å². The van der Waals surface area contributed by atoms with Crippen molar-refractivity contribution in [2.24, 2.45) is 5.41 Å². The van der Waals surface area contributed by atoms with Crippen molar-refractivity contribution >= 4 is 17.8 Å². The van der Waals surface area contributed by atoms with E-state index in [0.717, 1.165) is 63.8 Å². The number of carbonyl (C=O) groups is 2. The van der Waals surface area contributed by atoms with Gasteiger partial charge in [0.2, 0.25) is 5.91 Å². The molecule has 0 bridgehead atoms. The molecule has 1 spiro atoms. The van der Waals surface area contributed by atoms with Crippen molar-refractivity contribution in [3.63, 3.8) is 0 Å². The average Bonchev–Trinajstić information content (AvgIpc) is 3.18. The molecule has 1 atom stereocenters. The van der Waals surface area contributed by atoms with Crippen LogP contribution in [0.5, 0.6) is 0 Å². The first kappa shape index (κ1) is 25.1. The highest BCUT2D eigenvalue weighted by molar-refractivity contribution is 5.86. The van der Waals surface area contributed by atoms with Gasteiger partial charge in [0.25, 0.3) is 0 Å². The molecular weight excluding hydrogens is 475 g/mol. The topological polar surface area (TPSA) is 80.2 Å². The minimum Gasteiger partial charge on any atom is -0.393 e. The number of aliphatic hydroxyl groups excluding tert-OH is 1. The fourth-order valence-electron chi connectivity index (χ4n) is 6.31. The zero-order chi connectivity index (χ0) is 25.5. The van der Waals surface area contributed by atoms with E-state index in [9.17, 15) is 27.9 Å². The second-order valence-electron chi connectivity index (χ2n) is 10.7. The molecule has 8 nitrogen and oxygen atoms in total. The number of aromatic nitrogens is 1. The summed E-state index contributed by atoms with van der Waals surface area (Å²) in [6, 6.07) is 2.53. The lowest BCUT2D eigenvalue weighted by Gasteiger charge is -2.43. The van der Waals surface area contributed by atoms with E-state index < -0.39 is 17.2 Å². The van der Waals surface area contributed by atoms with E-state index >= 15 is 0 Å². The average molecular weight is 510 g/mol. The Morgan fingerprint density at radius 1 is 0.972 bits per heavy atom. The van der Waals surface area contributed by atoms with E-state index in [2.05, 4.69) is 4.98 Å². The summed E-state index contributed by atoms with van der Waals surface area (Å²) in [4.78, 5) is 38.3. The lowest BCUT2D eigenvalue weighted by molar-refractivity contribution is -0.141. The van der Waals surface area contributed by atoms with Crippen molar-refractivity contribution in [1.29, 1.82) is 0 Å². The summed E-state index contributed by atoms with van der Waals surface area (Å²) in [5.41, 5.74) is -1.28. The van der Waals surface area contributed by atoms with Gasteiger partial charge in [-0.3, -0.25) is 4.79 Å². The third kappa shape index (κ3) is 4.86. The highest BCUT2D eigenvalue weighted by Gasteiger charge is 2.51. The second-order valence-corrected chi connectivity index (χ2v) is 10.7. The number of alkyl halides is 3. The number of piperazine rings is 1. The van der Waals surface area contributed by atoms with Gasteiger partial charge < -0.3 is 24.7 Å². The van der Waals surface area contributed by atoms with Crippen LogP contribution in [0.4, 0.5) is 23.8 Å². The van der Waals surface area contributed by atoms with Crippen molar-refractivity contribution in [2.45, 2.75) is 63.3 Å². The molecule has 1 aliphatic carbocycles. The van der Waals surface area contributed by atoms with Gasteiger partial charge in [-0.2, -0.15) is 13.2 Å². The van der Waals surface area contributed by atoms with Crippen LogP contribution >= 0.6 is 0 Å². The van der Waals surface area contributed by atoms with Crippen LogP contribution < -0.4 is 4.90 Å². The molecule has 4 aliphatic rings. The van der Waals surface area contributed by atoms with Gasteiger partial charge >= 0.3 is 12.2 Å². The number of hydrogen-bond donors (Lipinski definition) is 1. The molecule has 0 aromatic carbocycles. The van der Waals surface area contributed by atoms with Crippen LogP contribution in [0.25, 0.3) is 0 Å². The third-order valence-electron chi connectivity index (χ3n) is 8.45. The van der Waals surface area contributed by atoms with Crippen LogP contribution in [0.1, 0.15) is 50.5 Å². The summed E-state index contributed by atoms with van der Waals surface area (Å²) in [6.07, 6.45) is 1.68. The second kappa shape index (κ2) is 9.72. The summed E-state index contributed by atoms with van der Waals surface area (Å²) in [5, 5.41) is 9.82. The number of carbonyl (C=O) groups excluding carboxylic acids is 2. The first-order valence-electron chi connectivity index (χ1n) is 13.0. The fourth-order valence-corrected chi connectivity index (χ4v) is 6.31. The molecule has 1 N–H and O–H groups in total. The lowest BCUT2D eigenvalue weighted by atomic mass is 9.78. The number of aliphatic hydroxyl groups is 1. The number of halogens is 3. The number of amides is 3. The van der Waals surface area contributed by atoms with Crippen LogP contribution in [-0.4, -0.2) is 94.7 Å². The lowest BCUT2D eigenvalue weighted by Crippen LogP contribution is -2.57. The van der Waals surface area contributed by atoms with Crippen LogP contribution in [0.3, 0.4) is 0 Å². The molecule has 3 amide bonds. The number of pyridine rings is 1. The molecular formula is C25H34F3N5O3. The van der Waals surface area contributed by atoms with Gasteiger partial charge in [0.1, 0.15) is 5.82 Å². The van der Waals surface area contributed by atoms with Gasteiger partial charge in [0, 0.05) is 58.1 Å². The summed E-state index contributed by atoms with van der Waals surface area (Å²) >= 11 is 0. The Morgan fingerprint density at radius 2 is 1.69 bits per heavy atom. The molecule has 1 aromatic heterocycles. The maximum Gasteiger partial charge on any atom is 0.417 e. The number of anilines is 1. The first-order valence-corrected chi connectivity index (χ1v) is 13.0. The number of hydrogen-bond acceptors (Lipinski definition) is 5. The Morgan fingerprint density at radius 3 is 2.33 bits per heavy atom. The fraction of sp³-hybridized carbons (Fsp3) is 0.720. The monoisotopic (exact) mass is 509 g/mol. The minimum atomic E-state index is -4.42. The van der Waals surface area contributed by atoms with E-state index in [4.69, 9.17) is 0 Å². The van der Waals surface area contributed by atoms with E-state index in [0.29, 0.717) is 45.1 Å². The highest BCUT2D eigenvalue weighted by atomic mass is 19.4. The molecule has 1 saturated carbocycles. The van der Waals surface area contributed by atoms with E-state index in [1.807, 2.05) is 14.7 Å². The summed E-state index contributed by atoms with van der Waals surface area (Å²) in [5.74, 6) is 0.637. The molecule has 0 unspecified atom stereocenters. The van der Waals surface area contributed by atoms with E-state index in [-0.39, 0.29) is 24.1 Å². The Balaban J connectivity index is 1.17. The zero-order valence-corrected chi connectivity index (χ0v) is 20.4. The van der Waals surface area contributed by atoms with Gasteiger partial charge in [-0.1, -0.05) is 0 Å². The quantitative estimate of drug-likeness (QED) is 0.663. The number of urea groups is 1. The standard InChI is InChI=1S/C25H34F3N5O3/c26-25(27,28)18-2-7-21(29-16-18)30-12-14-31(15-13-30)23(36)32-10-1-8-24(17-32)9-11-33(22(24)35)19-3-5-20(34)6-4-19/h2,7,16,19-20,34H,1,3-6,8-15,17H2/t19?,20?,24-/m1/s1. The molecule has 5 rings (SSSR count). The molecule has 0 radical (unpaired) electrons. The van der Waals surface area contributed by atoms with Crippen molar-refractivity contribution in [3.05, 3.63) is 23.9 Å². The first-order chi connectivity index (χ1) is 17.2. The third-order valence-corrected chi connectivity index (χ3v) is 8.45. The SMILES string of the molecule is O=C(N1CCN(c2ccc(C(F)(F)F)cn2)CC1)N1CCC[C@@]2(CCN(C3CCC(O)CC3)C2=O)C1. The molecule has 4 fully saturated rings. The van der Waals surface area contributed by atoms with Gasteiger partial charge in [0.05, 0.1) is 17.1 Å². The molecule has 3 saturated heterocycles. The number of nitrogens with zero attached hydrogens (tertiary/aromatic N) is 5. The maximum atomic E-state index is 13.5. The summed E-state index contributed by atoms with van der Waals surface area (Å²) in [7, 11) is 0. The van der Waals surface area contributed by atoms with Crippen molar-refractivity contribution < 1.29 is 27.9 Å². The molecule has 1 aromatic rings. The van der Waals surface area contributed by atoms with Gasteiger partial charge in [-0.25, -0.2) is 9.78 Å². The Labute approximate surface area is 209 Å². The van der Waals surface area contributed by atoms with Crippen LogP contribution in [0.15, 0.2) is 18.3 Å². The zero-order valence-electron chi connectivity index (χ0n) is 20.4.